The fraction of sp³-hybridized carbons (Fsp3) is 1.00. The first-order valence-corrected chi connectivity index (χ1v) is 5.33. The minimum Gasteiger partial charge on any atom is -0.383 e. The van der Waals surface area contributed by atoms with Crippen LogP contribution < -0.4 is 5.32 Å². The fourth-order valence-corrected chi connectivity index (χ4v) is 1.36. The van der Waals surface area contributed by atoms with Gasteiger partial charge in [-0.25, -0.2) is 0 Å². The van der Waals surface area contributed by atoms with Gasteiger partial charge in [0.2, 0.25) is 0 Å². The van der Waals surface area contributed by atoms with Gasteiger partial charge in [-0.2, -0.15) is 0 Å². The number of nitrogens with one attached hydrogen (secondary N) is 1. The lowest BCUT2D eigenvalue weighted by Crippen LogP contribution is -2.35. The van der Waals surface area contributed by atoms with Crippen LogP contribution in [0.5, 0.6) is 0 Å². The van der Waals surface area contributed by atoms with Crippen LogP contribution in [0.15, 0.2) is 0 Å². The van der Waals surface area contributed by atoms with Gasteiger partial charge in [0.05, 0.1) is 12.2 Å². The summed E-state index contributed by atoms with van der Waals surface area (Å²) in [5, 5.41) is 3.40. The molecule has 0 aliphatic heterocycles. The molecular weight excluding hydrogens is 178 g/mol. The van der Waals surface area contributed by atoms with Gasteiger partial charge in [0.25, 0.3) is 0 Å². The molecule has 1 atom stereocenters. The second-order valence-corrected chi connectivity index (χ2v) is 4.21. The summed E-state index contributed by atoms with van der Waals surface area (Å²) in [4.78, 5) is 0. The fourth-order valence-electron chi connectivity index (χ4n) is 1.36. The second-order valence-electron chi connectivity index (χ2n) is 4.21. The molecule has 0 aromatic rings. The predicted molar refractivity (Wildman–Crippen MR) is 59.7 cm³/mol. The minimum absolute atomic E-state index is 0.0264. The molecule has 0 aromatic carbocycles. The maximum Gasteiger partial charge on any atom is 0.0623 e. The first kappa shape index (κ1) is 13.9. The number of rotatable bonds is 8. The van der Waals surface area contributed by atoms with E-state index in [2.05, 4.69) is 26.1 Å². The highest BCUT2D eigenvalue weighted by Crippen LogP contribution is 2.16. The van der Waals surface area contributed by atoms with E-state index in [4.69, 9.17) is 9.47 Å². The lowest BCUT2D eigenvalue weighted by atomic mass is 9.99. The first-order chi connectivity index (χ1) is 6.55. The third-order valence-corrected chi connectivity index (χ3v) is 2.51. The third kappa shape index (κ3) is 6.35. The molecule has 86 valence electrons. The smallest absolute Gasteiger partial charge is 0.0623 e. The van der Waals surface area contributed by atoms with Crippen molar-refractivity contribution in [2.24, 2.45) is 0 Å². The van der Waals surface area contributed by atoms with Crippen LogP contribution in [0.25, 0.3) is 0 Å². The molecule has 0 spiro atoms. The maximum absolute atomic E-state index is 5.38. The summed E-state index contributed by atoms with van der Waals surface area (Å²) in [6.07, 6.45) is 2.13. The highest BCUT2D eigenvalue weighted by atomic mass is 16.5. The molecule has 0 amide bonds. The van der Waals surface area contributed by atoms with E-state index in [0.29, 0.717) is 6.04 Å². The Balaban J connectivity index is 3.80. The number of methoxy groups -OCH3 is 2. The number of likely N-dealkylation sites (N-methyl/N-ethyl adjacent to an activating group) is 1. The van der Waals surface area contributed by atoms with Crippen molar-refractivity contribution in [3.63, 3.8) is 0 Å². The van der Waals surface area contributed by atoms with E-state index in [0.717, 1.165) is 26.0 Å². The Labute approximate surface area is 88.2 Å². The molecule has 0 saturated heterocycles. The zero-order chi connectivity index (χ0) is 11.0. The average molecular weight is 203 g/mol. The van der Waals surface area contributed by atoms with Gasteiger partial charge in [0, 0.05) is 20.3 Å². The van der Waals surface area contributed by atoms with E-state index in [-0.39, 0.29) is 5.60 Å². The molecule has 0 saturated carbocycles. The van der Waals surface area contributed by atoms with Gasteiger partial charge in [0.15, 0.2) is 0 Å². The molecule has 1 N–H and O–H groups in total. The Morgan fingerprint density at radius 3 is 2.36 bits per heavy atom. The molecule has 0 heterocycles. The number of hydrogen-bond acceptors (Lipinski definition) is 3. The summed E-state index contributed by atoms with van der Waals surface area (Å²) in [6.45, 7) is 8.10. The third-order valence-electron chi connectivity index (χ3n) is 2.51. The van der Waals surface area contributed by atoms with Gasteiger partial charge in [-0.15, -0.1) is 0 Å². The minimum atomic E-state index is -0.0264. The lowest BCUT2D eigenvalue weighted by Gasteiger charge is -2.26. The predicted octanol–water partition coefficient (Wildman–Crippen LogP) is 1.82. The van der Waals surface area contributed by atoms with E-state index in [1.54, 1.807) is 14.2 Å². The van der Waals surface area contributed by atoms with E-state index < -0.39 is 0 Å². The average Bonchev–Trinajstić information content (AvgIpc) is 2.15. The highest BCUT2D eigenvalue weighted by molar-refractivity contribution is 4.73. The van der Waals surface area contributed by atoms with Crippen molar-refractivity contribution in [3.05, 3.63) is 0 Å². The molecule has 0 fully saturated rings. The molecule has 0 bridgehead atoms. The molecule has 0 rings (SSSR count). The quantitative estimate of drug-likeness (QED) is 0.652. The van der Waals surface area contributed by atoms with Crippen molar-refractivity contribution in [3.8, 4) is 0 Å². The van der Waals surface area contributed by atoms with E-state index in [9.17, 15) is 0 Å². The van der Waals surface area contributed by atoms with E-state index >= 15 is 0 Å². The molecule has 3 nitrogen and oxygen atoms in total. The maximum atomic E-state index is 5.38. The monoisotopic (exact) mass is 203 g/mol. The van der Waals surface area contributed by atoms with Crippen molar-refractivity contribution >= 4 is 0 Å². The van der Waals surface area contributed by atoms with Crippen LogP contribution in [0.1, 0.15) is 33.6 Å². The van der Waals surface area contributed by atoms with Crippen LogP contribution in [0.3, 0.4) is 0 Å². The molecule has 0 aliphatic carbocycles. The van der Waals surface area contributed by atoms with E-state index in [1.165, 1.54) is 0 Å². The molecular formula is C11H25NO2. The largest absolute Gasteiger partial charge is 0.383 e. The standard InChI is InChI=1S/C11H25NO2/c1-6-12-10(9-13-4)7-8-11(2,3)14-5/h10,12H,6-9H2,1-5H3. The second kappa shape index (κ2) is 7.21. The van der Waals surface area contributed by atoms with Crippen molar-refractivity contribution in [2.75, 3.05) is 27.4 Å². The normalized spacial score (nSPS) is 14.4. The Morgan fingerprint density at radius 1 is 1.29 bits per heavy atom. The summed E-state index contributed by atoms with van der Waals surface area (Å²) in [5.74, 6) is 0. The molecule has 0 radical (unpaired) electrons. The van der Waals surface area contributed by atoms with Gasteiger partial charge < -0.3 is 14.8 Å². The molecule has 0 aliphatic rings. The van der Waals surface area contributed by atoms with Gasteiger partial charge in [-0.05, 0) is 33.2 Å². The summed E-state index contributed by atoms with van der Waals surface area (Å²) < 4.78 is 10.5. The van der Waals surface area contributed by atoms with Crippen LogP contribution >= 0.6 is 0 Å². The van der Waals surface area contributed by atoms with E-state index in [1.807, 2.05) is 0 Å². The van der Waals surface area contributed by atoms with Gasteiger partial charge in [-0.1, -0.05) is 6.92 Å². The van der Waals surface area contributed by atoms with Crippen molar-refractivity contribution in [1.29, 1.82) is 0 Å². The molecule has 14 heavy (non-hydrogen) atoms. The number of ether oxygens (including phenoxy) is 2. The zero-order valence-electron chi connectivity index (χ0n) is 10.2. The highest BCUT2D eigenvalue weighted by Gasteiger charge is 2.18. The topological polar surface area (TPSA) is 30.5 Å². The lowest BCUT2D eigenvalue weighted by molar-refractivity contribution is 0.00941. The SMILES string of the molecule is CCNC(CCC(C)(C)OC)COC. The summed E-state index contributed by atoms with van der Waals surface area (Å²) in [5.41, 5.74) is -0.0264. The number of hydrogen-bond donors (Lipinski definition) is 1. The molecule has 1 unspecified atom stereocenters. The summed E-state index contributed by atoms with van der Waals surface area (Å²) in [6, 6.07) is 0.444. The Morgan fingerprint density at radius 2 is 1.93 bits per heavy atom. The Bertz CT molecular complexity index is 131. The van der Waals surface area contributed by atoms with Crippen molar-refractivity contribution < 1.29 is 9.47 Å². The van der Waals surface area contributed by atoms with Crippen LogP contribution in [0.4, 0.5) is 0 Å². The van der Waals surface area contributed by atoms with Crippen molar-refractivity contribution in [2.45, 2.75) is 45.3 Å². The molecule has 3 heteroatoms. The summed E-state index contributed by atoms with van der Waals surface area (Å²) in [7, 11) is 3.50. The van der Waals surface area contributed by atoms with Crippen LogP contribution in [-0.2, 0) is 9.47 Å². The van der Waals surface area contributed by atoms with Crippen LogP contribution in [-0.4, -0.2) is 39.0 Å². The summed E-state index contributed by atoms with van der Waals surface area (Å²) >= 11 is 0. The molecule has 0 aromatic heterocycles. The zero-order valence-corrected chi connectivity index (χ0v) is 10.2. The van der Waals surface area contributed by atoms with Crippen LogP contribution in [0, 0.1) is 0 Å². The van der Waals surface area contributed by atoms with Crippen LogP contribution in [0.2, 0.25) is 0 Å². The Kier molecular flexibility index (Phi) is 7.15. The van der Waals surface area contributed by atoms with Gasteiger partial charge in [-0.3, -0.25) is 0 Å². The van der Waals surface area contributed by atoms with Crippen molar-refractivity contribution in [1.82, 2.24) is 5.32 Å². The Hall–Kier alpha value is -0.120. The van der Waals surface area contributed by atoms with Gasteiger partial charge in [0.1, 0.15) is 0 Å². The first-order valence-electron chi connectivity index (χ1n) is 5.33. The van der Waals surface area contributed by atoms with Gasteiger partial charge >= 0.3 is 0 Å².